The predicted molar refractivity (Wildman–Crippen MR) is 152 cm³/mol. The molecule has 0 aliphatic rings. The van der Waals surface area contributed by atoms with Crippen molar-refractivity contribution in [2.75, 3.05) is 25.5 Å². The van der Waals surface area contributed by atoms with Crippen molar-refractivity contribution in [2.24, 2.45) is 0 Å². The number of carbonyl (C=O) groups excluding carboxylic acids is 4. The second-order valence-corrected chi connectivity index (χ2v) is 11.0. The van der Waals surface area contributed by atoms with Gasteiger partial charge in [-0.25, -0.2) is 4.79 Å². The monoisotopic (exact) mass is 616 g/mol. The van der Waals surface area contributed by atoms with Gasteiger partial charge in [0, 0.05) is 28.8 Å². The normalized spacial score (nSPS) is 12.3. The Morgan fingerprint density at radius 3 is 2.24 bits per heavy atom. The molecule has 214 valence electrons. The van der Waals surface area contributed by atoms with Gasteiger partial charge in [-0.05, 0) is 30.5 Å². The summed E-state index contributed by atoms with van der Waals surface area (Å²) in [4.78, 5) is 49.5. The molecule has 0 aliphatic carbocycles. The molecule has 0 fully saturated rings. The van der Waals surface area contributed by atoms with Crippen LogP contribution in [-0.4, -0.2) is 61.3 Å². The number of esters is 2. The molecule has 0 bridgehead atoms. The van der Waals surface area contributed by atoms with Gasteiger partial charge in [-0.15, -0.1) is 0 Å². The molecule has 2 atom stereocenters. The van der Waals surface area contributed by atoms with E-state index in [4.69, 9.17) is 9.47 Å². The van der Waals surface area contributed by atoms with Gasteiger partial charge in [-0.2, -0.15) is 11.8 Å². The van der Waals surface area contributed by atoms with E-state index >= 15 is 0 Å². The first-order chi connectivity index (χ1) is 18.3. The molecule has 0 aromatic heterocycles. The number of benzene rings is 1. The second-order valence-electron chi connectivity index (χ2n) is 9.02. The third kappa shape index (κ3) is 16.0. The van der Waals surface area contributed by atoms with Crippen molar-refractivity contribution in [1.82, 2.24) is 10.6 Å². The van der Waals surface area contributed by atoms with Crippen LogP contribution in [0.3, 0.4) is 0 Å². The molecule has 1 aromatic carbocycles. The van der Waals surface area contributed by atoms with Crippen LogP contribution < -0.4 is 16.4 Å². The van der Waals surface area contributed by atoms with Gasteiger partial charge < -0.3 is 25.8 Å². The van der Waals surface area contributed by atoms with Gasteiger partial charge >= 0.3 is 11.9 Å². The molecule has 9 nitrogen and oxygen atoms in total. The van der Waals surface area contributed by atoms with Gasteiger partial charge in [0.2, 0.25) is 11.8 Å². The van der Waals surface area contributed by atoms with Crippen molar-refractivity contribution in [1.29, 1.82) is 0 Å². The molecule has 0 spiro atoms. The number of halogens is 1. The summed E-state index contributed by atoms with van der Waals surface area (Å²) >= 11 is 4.90. The van der Waals surface area contributed by atoms with Crippen LogP contribution >= 0.6 is 27.7 Å². The van der Waals surface area contributed by atoms with E-state index in [-0.39, 0.29) is 25.3 Å². The van der Waals surface area contributed by atoms with Gasteiger partial charge in [0.1, 0.15) is 12.6 Å². The van der Waals surface area contributed by atoms with Crippen molar-refractivity contribution in [3.63, 3.8) is 0 Å². The molecule has 0 saturated heterocycles. The summed E-state index contributed by atoms with van der Waals surface area (Å²) in [6.45, 7) is 4.53. The number of unbranched alkanes of at least 4 members (excludes halogenated alkanes) is 4. The lowest BCUT2D eigenvalue weighted by atomic mass is 10.1. The summed E-state index contributed by atoms with van der Waals surface area (Å²) in [5.74, 6) is -0.813. The molecular weight excluding hydrogens is 574 g/mol. The average Bonchev–Trinajstić information content (AvgIpc) is 2.91. The Bertz CT molecular complexity index is 856. The van der Waals surface area contributed by atoms with Crippen LogP contribution in [0, 0.1) is 0 Å². The Morgan fingerprint density at radius 2 is 1.61 bits per heavy atom. The smallest absolute Gasteiger partial charge is 0.364 e. The molecule has 1 aromatic rings. The van der Waals surface area contributed by atoms with E-state index in [9.17, 15) is 19.2 Å². The molecule has 0 heterocycles. The van der Waals surface area contributed by atoms with Gasteiger partial charge in [0.05, 0.1) is 13.2 Å². The Morgan fingerprint density at radius 1 is 0.974 bits per heavy atom. The topological polar surface area (TPSA) is 138 Å². The Balaban J connectivity index is 2.58. The van der Waals surface area contributed by atoms with Crippen LogP contribution in [0.15, 0.2) is 28.7 Å². The first kappa shape index (κ1) is 33.9. The summed E-state index contributed by atoms with van der Waals surface area (Å²) in [7, 11) is 0. The van der Waals surface area contributed by atoms with Crippen LogP contribution in [-0.2, 0) is 34.4 Å². The first-order valence-corrected chi connectivity index (χ1v) is 15.3. The Hall–Kier alpha value is -2.11. The minimum atomic E-state index is -0.847. The van der Waals surface area contributed by atoms with Crippen molar-refractivity contribution >= 4 is 51.4 Å². The Labute approximate surface area is 238 Å². The molecule has 0 radical (unpaired) electrons. The largest absolute Gasteiger partial charge is 0.464 e. The fourth-order valence-corrected chi connectivity index (χ4v) is 4.54. The molecule has 2 unspecified atom stereocenters. The van der Waals surface area contributed by atoms with Crippen LogP contribution in [0.1, 0.15) is 70.8 Å². The number of nitrogens with one attached hydrogen (secondary N) is 2. The zero-order valence-electron chi connectivity index (χ0n) is 22.6. The highest BCUT2D eigenvalue weighted by molar-refractivity contribution is 9.10. The van der Waals surface area contributed by atoms with E-state index in [0.29, 0.717) is 24.7 Å². The number of amides is 2. The van der Waals surface area contributed by atoms with Crippen molar-refractivity contribution in [3.8, 4) is 0 Å². The zero-order chi connectivity index (χ0) is 28.2. The van der Waals surface area contributed by atoms with Gasteiger partial charge in [-0.1, -0.05) is 67.6 Å². The molecular formula is C27H43BrN3O6S+. The van der Waals surface area contributed by atoms with Gasteiger partial charge in [0.15, 0.2) is 6.04 Å². The molecule has 38 heavy (non-hydrogen) atoms. The summed E-state index contributed by atoms with van der Waals surface area (Å²) in [6.07, 6.45) is 5.81. The number of rotatable bonds is 20. The van der Waals surface area contributed by atoms with E-state index in [1.54, 1.807) is 0 Å². The lowest BCUT2D eigenvalue weighted by Crippen LogP contribution is -2.65. The van der Waals surface area contributed by atoms with Crippen LogP contribution in [0.2, 0.25) is 0 Å². The van der Waals surface area contributed by atoms with E-state index < -0.39 is 29.9 Å². The third-order valence-electron chi connectivity index (χ3n) is 5.58. The van der Waals surface area contributed by atoms with Crippen LogP contribution in [0.4, 0.5) is 0 Å². The van der Waals surface area contributed by atoms with E-state index in [1.807, 2.05) is 24.3 Å². The summed E-state index contributed by atoms with van der Waals surface area (Å²) in [6, 6.07) is 6.34. The number of carbonyl (C=O) groups is 4. The van der Waals surface area contributed by atoms with Gasteiger partial charge in [0.25, 0.3) is 0 Å². The maximum atomic E-state index is 12.8. The maximum absolute atomic E-state index is 12.8. The fraction of sp³-hybridized carbons (Fsp3) is 0.630. The maximum Gasteiger partial charge on any atom is 0.364 e. The van der Waals surface area contributed by atoms with E-state index in [2.05, 4.69) is 46.1 Å². The van der Waals surface area contributed by atoms with Crippen molar-refractivity contribution in [2.45, 2.75) is 83.1 Å². The number of thioether (sulfide) groups is 1. The highest BCUT2D eigenvalue weighted by Crippen LogP contribution is 2.17. The highest BCUT2D eigenvalue weighted by Gasteiger charge is 2.24. The lowest BCUT2D eigenvalue weighted by molar-refractivity contribution is -0.409. The molecule has 1 rings (SSSR count). The van der Waals surface area contributed by atoms with Gasteiger partial charge in [-0.3, -0.25) is 14.4 Å². The zero-order valence-corrected chi connectivity index (χ0v) is 25.0. The molecule has 11 heteroatoms. The molecule has 0 aliphatic heterocycles. The minimum Gasteiger partial charge on any atom is -0.464 e. The number of quaternary nitrogens is 1. The number of hydrogen-bond donors (Lipinski definition) is 3. The summed E-state index contributed by atoms with van der Waals surface area (Å²) in [5, 5.41) is 5.31. The first-order valence-electron chi connectivity index (χ1n) is 13.3. The number of ether oxygens (including phenoxy) is 2. The SMILES string of the molecule is CCCCCOC(=O)CNC(=O)C(CSCc1ccc(Br)cc1)NC(=O)CCC([NH3+])C(=O)OCCCCC. The van der Waals surface area contributed by atoms with E-state index in [0.717, 1.165) is 48.6 Å². The molecule has 2 amide bonds. The predicted octanol–water partition coefficient (Wildman–Crippen LogP) is 3.14. The minimum absolute atomic E-state index is 0.0266. The third-order valence-corrected chi connectivity index (χ3v) is 7.22. The van der Waals surface area contributed by atoms with Crippen molar-refractivity contribution < 1.29 is 34.4 Å². The van der Waals surface area contributed by atoms with Crippen molar-refractivity contribution in [3.05, 3.63) is 34.3 Å². The highest BCUT2D eigenvalue weighted by atomic mass is 79.9. The second kappa shape index (κ2) is 20.8. The fourth-order valence-electron chi connectivity index (χ4n) is 3.26. The number of hydrogen-bond acceptors (Lipinski definition) is 7. The van der Waals surface area contributed by atoms with Crippen LogP contribution in [0.5, 0.6) is 0 Å². The average molecular weight is 618 g/mol. The molecule has 5 N–H and O–H groups in total. The van der Waals surface area contributed by atoms with E-state index in [1.165, 1.54) is 11.8 Å². The molecule has 0 saturated carbocycles. The quantitative estimate of drug-likeness (QED) is 0.151. The standard InChI is InChI=1S/C27H42BrN3O6S/c1-3-5-7-15-36-25(33)17-30-26(34)23(19-38-18-20-9-11-21(28)12-10-20)31-24(32)14-13-22(29)27(35)37-16-8-6-4-2/h9-12,22-23H,3-8,13-19,29H2,1-2H3,(H,30,34)(H,31,32)/p+1. The lowest BCUT2D eigenvalue weighted by Gasteiger charge is -2.18. The Kier molecular flexibility index (Phi) is 18.6. The van der Waals surface area contributed by atoms with Crippen LogP contribution in [0.25, 0.3) is 0 Å². The summed E-state index contributed by atoms with van der Waals surface area (Å²) < 4.78 is 11.3. The summed E-state index contributed by atoms with van der Waals surface area (Å²) in [5.41, 5.74) is 4.88.